The number of rotatable bonds is 3. The van der Waals surface area contributed by atoms with Crippen molar-refractivity contribution in [2.24, 2.45) is 4.99 Å². The summed E-state index contributed by atoms with van der Waals surface area (Å²) in [7, 11) is 0. The molecule has 0 amide bonds. The first-order chi connectivity index (χ1) is 12.3. The lowest BCUT2D eigenvalue weighted by molar-refractivity contribution is 0.147. The fraction of sp³-hybridized carbons (Fsp3) is 0.389. The van der Waals surface area contributed by atoms with Crippen LogP contribution in [-0.4, -0.2) is 66.3 Å². The molecule has 2 aliphatic heterocycles. The smallest absolute Gasteiger partial charge is 0.139 e. The van der Waals surface area contributed by atoms with E-state index in [1.165, 1.54) is 10.5 Å². The van der Waals surface area contributed by atoms with Crippen LogP contribution >= 0.6 is 23.1 Å². The monoisotopic (exact) mass is 374 g/mol. The fourth-order valence-electron chi connectivity index (χ4n) is 3.29. The van der Waals surface area contributed by atoms with Gasteiger partial charge in [0.1, 0.15) is 5.84 Å². The van der Waals surface area contributed by atoms with Gasteiger partial charge in [-0.15, -0.1) is 23.1 Å². The SMILES string of the molecule is CSc1ccc2c(c1)N=C(N1CCN(CCO)CC1)c1cscc1N2. The Balaban J connectivity index is 1.68. The number of thiophene rings is 1. The molecule has 2 aromatic rings. The van der Waals surface area contributed by atoms with E-state index in [-0.39, 0.29) is 6.61 Å². The van der Waals surface area contributed by atoms with Gasteiger partial charge in [0.25, 0.3) is 0 Å². The van der Waals surface area contributed by atoms with E-state index in [2.05, 4.69) is 50.3 Å². The molecule has 0 radical (unpaired) electrons. The Morgan fingerprint density at radius 3 is 2.80 bits per heavy atom. The van der Waals surface area contributed by atoms with Gasteiger partial charge in [0.15, 0.2) is 0 Å². The van der Waals surface area contributed by atoms with Crippen LogP contribution in [0.3, 0.4) is 0 Å². The van der Waals surface area contributed by atoms with Gasteiger partial charge in [0, 0.05) is 48.4 Å². The molecule has 5 nitrogen and oxygen atoms in total. The van der Waals surface area contributed by atoms with Crippen LogP contribution in [0.15, 0.2) is 38.8 Å². The molecule has 1 fully saturated rings. The van der Waals surface area contributed by atoms with E-state index >= 15 is 0 Å². The second-order valence-electron chi connectivity index (χ2n) is 6.19. The standard InChI is InChI=1S/C18H22N4OS2/c1-24-13-2-3-15-16(10-13)20-18(14-11-25-12-17(14)19-15)22-6-4-21(5-7-22)8-9-23/h2-3,10-12,19,23H,4-9H2,1H3. The maximum absolute atomic E-state index is 9.14. The number of fused-ring (bicyclic) bond motifs is 2. The lowest BCUT2D eigenvalue weighted by Gasteiger charge is -2.36. The molecule has 1 aromatic carbocycles. The van der Waals surface area contributed by atoms with Crippen LogP contribution in [0.4, 0.5) is 17.1 Å². The summed E-state index contributed by atoms with van der Waals surface area (Å²) in [6.45, 7) is 4.78. The number of anilines is 2. The highest BCUT2D eigenvalue weighted by Crippen LogP contribution is 2.38. The van der Waals surface area contributed by atoms with Gasteiger partial charge in [-0.25, -0.2) is 4.99 Å². The van der Waals surface area contributed by atoms with E-state index in [0.717, 1.165) is 55.6 Å². The molecule has 4 rings (SSSR count). The first kappa shape index (κ1) is 16.9. The van der Waals surface area contributed by atoms with E-state index in [1.54, 1.807) is 23.1 Å². The normalized spacial score (nSPS) is 17.4. The van der Waals surface area contributed by atoms with E-state index in [9.17, 15) is 0 Å². The lowest BCUT2D eigenvalue weighted by Crippen LogP contribution is -2.49. The summed E-state index contributed by atoms with van der Waals surface area (Å²) in [5.74, 6) is 1.06. The van der Waals surface area contributed by atoms with Gasteiger partial charge in [0.2, 0.25) is 0 Å². The molecule has 0 atom stereocenters. The van der Waals surface area contributed by atoms with Gasteiger partial charge < -0.3 is 15.3 Å². The third-order valence-electron chi connectivity index (χ3n) is 4.69. The molecule has 3 heterocycles. The average Bonchev–Trinajstić information content (AvgIpc) is 3.04. The minimum atomic E-state index is 0.227. The Bertz CT molecular complexity index is 781. The highest BCUT2D eigenvalue weighted by Gasteiger charge is 2.25. The molecule has 0 spiro atoms. The van der Waals surface area contributed by atoms with Crippen molar-refractivity contribution >= 4 is 46.0 Å². The Hall–Kier alpha value is -1.54. The van der Waals surface area contributed by atoms with E-state index < -0.39 is 0 Å². The number of amidine groups is 1. The van der Waals surface area contributed by atoms with Crippen molar-refractivity contribution < 1.29 is 5.11 Å². The predicted octanol–water partition coefficient (Wildman–Crippen LogP) is 3.22. The van der Waals surface area contributed by atoms with Crippen LogP contribution in [0.25, 0.3) is 0 Å². The number of aliphatic imine (C=N–C) groups is 1. The molecule has 2 aliphatic rings. The zero-order valence-corrected chi connectivity index (χ0v) is 15.9. The number of hydrogen-bond donors (Lipinski definition) is 2. The third-order valence-corrected chi connectivity index (χ3v) is 6.16. The molecule has 2 N–H and O–H groups in total. The number of hydrogen-bond acceptors (Lipinski definition) is 7. The van der Waals surface area contributed by atoms with E-state index in [1.807, 2.05) is 0 Å². The Morgan fingerprint density at radius 2 is 2.04 bits per heavy atom. The summed E-state index contributed by atoms with van der Waals surface area (Å²) in [5, 5.41) is 17.0. The van der Waals surface area contributed by atoms with Crippen molar-refractivity contribution in [2.45, 2.75) is 4.90 Å². The number of aliphatic hydroxyl groups is 1. The minimum absolute atomic E-state index is 0.227. The van der Waals surface area contributed by atoms with Crippen molar-refractivity contribution in [1.29, 1.82) is 0 Å². The molecule has 132 valence electrons. The maximum Gasteiger partial charge on any atom is 0.139 e. The summed E-state index contributed by atoms with van der Waals surface area (Å²) in [4.78, 5) is 11.0. The van der Waals surface area contributed by atoms with Gasteiger partial charge in [-0.3, -0.25) is 4.90 Å². The molecule has 25 heavy (non-hydrogen) atoms. The highest BCUT2D eigenvalue weighted by molar-refractivity contribution is 7.98. The number of thioether (sulfide) groups is 1. The zero-order chi connectivity index (χ0) is 17.2. The molecule has 7 heteroatoms. The van der Waals surface area contributed by atoms with Crippen LogP contribution in [0, 0.1) is 0 Å². The fourth-order valence-corrected chi connectivity index (χ4v) is 4.48. The van der Waals surface area contributed by atoms with Gasteiger partial charge in [-0.05, 0) is 24.5 Å². The van der Waals surface area contributed by atoms with Crippen molar-refractivity contribution in [3.8, 4) is 0 Å². The summed E-state index contributed by atoms with van der Waals surface area (Å²) in [5.41, 5.74) is 4.38. The summed E-state index contributed by atoms with van der Waals surface area (Å²) >= 11 is 3.44. The van der Waals surface area contributed by atoms with E-state index in [4.69, 9.17) is 10.1 Å². The summed E-state index contributed by atoms with van der Waals surface area (Å²) in [6, 6.07) is 6.41. The highest BCUT2D eigenvalue weighted by atomic mass is 32.2. The Morgan fingerprint density at radius 1 is 1.20 bits per heavy atom. The first-order valence-corrected chi connectivity index (χ1v) is 10.6. The number of nitrogens with zero attached hydrogens (tertiary/aromatic N) is 3. The molecule has 0 saturated carbocycles. The topological polar surface area (TPSA) is 51.1 Å². The van der Waals surface area contributed by atoms with E-state index in [0.29, 0.717) is 0 Å². The van der Waals surface area contributed by atoms with Crippen LogP contribution in [0.2, 0.25) is 0 Å². The van der Waals surface area contributed by atoms with Gasteiger partial charge in [-0.2, -0.15) is 0 Å². The van der Waals surface area contributed by atoms with Crippen LogP contribution in [0.5, 0.6) is 0 Å². The maximum atomic E-state index is 9.14. The van der Waals surface area contributed by atoms with Crippen molar-refractivity contribution in [1.82, 2.24) is 9.80 Å². The molecule has 0 aliphatic carbocycles. The number of piperazine rings is 1. The second kappa shape index (κ2) is 7.37. The molecular formula is C18H22N4OS2. The van der Waals surface area contributed by atoms with Gasteiger partial charge in [0.05, 0.1) is 29.2 Å². The van der Waals surface area contributed by atoms with Crippen molar-refractivity contribution in [3.63, 3.8) is 0 Å². The molecular weight excluding hydrogens is 352 g/mol. The van der Waals surface area contributed by atoms with Gasteiger partial charge in [-0.1, -0.05) is 0 Å². The quantitative estimate of drug-likeness (QED) is 0.808. The summed E-state index contributed by atoms with van der Waals surface area (Å²) < 4.78 is 0. The first-order valence-electron chi connectivity index (χ1n) is 8.47. The number of β-amino-alcohol motifs (C(OH)–C–C–N with tert-alkyl or cyclic N) is 1. The zero-order valence-electron chi connectivity index (χ0n) is 14.2. The number of benzene rings is 1. The summed E-state index contributed by atoms with van der Waals surface area (Å²) in [6.07, 6.45) is 2.09. The molecule has 0 bridgehead atoms. The molecule has 1 saturated heterocycles. The third kappa shape index (κ3) is 3.42. The predicted molar refractivity (Wildman–Crippen MR) is 107 cm³/mol. The minimum Gasteiger partial charge on any atom is -0.395 e. The lowest BCUT2D eigenvalue weighted by atomic mass is 10.2. The Kier molecular flexibility index (Phi) is 4.98. The van der Waals surface area contributed by atoms with Crippen LogP contribution in [-0.2, 0) is 0 Å². The van der Waals surface area contributed by atoms with Crippen LogP contribution < -0.4 is 5.32 Å². The average molecular weight is 375 g/mol. The van der Waals surface area contributed by atoms with Crippen molar-refractivity contribution in [3.05, 3.63) is 34.5 Å². The second-order valence-corrected chi connectivity index (χ2v) is 7.82. The number of nitrogens with one attached hydrogen (secondary N) is 1. The molecule has 0 unspecified atom stereocenters. The number of aliphatic hydroxyl groups excluding tert-OH is 1. The van der Waals surface area contributed by atoms with Crippen molar-refractivity contribution in [2.75, 3.05) is 50.9 Å². The Labute approximate surface area is 156 Å². The largest absolute Gasteiger partial charge is 0.395 e. The van der Waals surface area contributed by atoms with Gasteiger partial charge >= 0.3 is 0 Å². The van der Waals surface area contributed by atoms with Crippen LogP contribution in [0.1, 0.15) is 5.56 Å². The molecule has 1 aromatic heterocycles.